The summed E-state index contributed by atoms with van der Waals surface area (Å²) in [7, 11) is 3.21. The molecule has 2 aromatic carbocycles. The lowest BCUT2D eigenvalue weighted by molar-refractivity contribution is 0.307. The molecule has 8 nitrogen and oxygen atoms in total. The number of aromatic nitrogens is 4. The van der Waals surface area contributed by atoms with Crippen molar-refractivity contribution in [2.24, 2.45) is 0 Å². The van der Waals surface area contributed by atoms with Gasteiger partial charge in [0.1, 0.15) is 29.4 Å². The number of pyridine rings is 1. The SMILES string of the molecule is COc1cc(OCc2cccc(-c3ccc(C)cn3)c2)c2cc(-c3cn4nc(OC)sc4n3)oc2c1. The Balaban J connectivity index is 1.30. The molecule has 0 amide bonds. The number of hydrogen-bond acceptors (Lipinski definition) is 8. The van der Waals surface area contributed by atoms with E-state index in [4.69, 9.17) is 18.6 Å². The van der Waals surface area contributed by atoms with Crippen molar-refractivity contribution in [2.45, 2.75) is 13.5 Å². The molecular formula is C27H22N4O4S. The van der Waals surface area contributed by atoms with Crippen LogP contribution in [0.3, 0.4) is 0 Å². The summed E-state index contributed by atoms with van der Waals surface area (Å²) in [5.74, 6) is 1.93. The number of fused-ring (bicyclic) bond motifs is 2. The van der Waals surface area contributed by atoms with Crippen LogP contribution in [0.2, 0.25) is 0 Å². The minimum absolute atomic E-state index is 0.381. The molecule has 0 aliphatic heterocycles. The average Bonchev–Trinajstić information content (AvgIpc) is 3.60. The predicted molar refractivity (Wildman–Crippen MR) is 138 cm³/mol. The summed E-state index contributed by atoms with van der Waals surface area (Å²) in [4.78, 5) is 9.88. The molecule has 0 aliphatic rings. The molecule has 9 heteroatoms. The van der Waals surface area contributed by atoms with Crippen LogP contribution in [0, 0.1) is 6.92 Å². The third kappa shape index (κ3) is 4.14. The third-order valence-corrected chi connectivity index (χ3v) is 6.67. The number of nitrogens with zero attached hydrogens (tertiary/aromatic N) is 4. The number of imidazole rings is 1. The molecule has 0 fully saturated rings. The zero-order valence-electron chi connectivity index (χ0n) is 19.9. The van der Waals surface area contributed by atoms with Gasteiger partial charge in [-0.3, -0.25) is 4.98 Å². The molecular weight excluding hydrogens is 476 g/mol. The van der Waals surface area contributed by atoms with Gasteiger partial charge in [-0.05, 0) is 47.6 Å². The highest BCUT2D eigenvalue weighted by atomic mass is 32.1. The molecule has 4 heterocycles. The van der Waals surface area contributed by atoms with Crippen LogP contribution < -0.4 is 14.2 Å². The van der Waals surface area contributed by atoms with E-state index in [9.17, 15) is 0 Å². The van der Waals surface area contributed by atoms with Crippen LogP contribution in [0.15, 0.2) is 71.4 Å². The molecule has 0 saturated carbocycles. The van der Waals surface area contributed by atoms with Crippen molar-refractivity contribution in [3.63, 3.8) is 0 Å². The van der Waals surface area contributed by atoms with Gasteiger partial charge in [0.25, 0.3) is 5.19 Å². The Morgan fingerprint density at radius 3 is 2.69 bits per heavy atom. The van der Waals surface area contributed by atoms with Gasteiger partial charge in [0, 0.05) is 23.9 Å². The van der Waals surface area contributed by atoms with Gasteiger partial charge < -0.3 is 18.6 Å². The Kier molecular flexibility index (Phi) is 5.54. The zero-order valence-corrected chi connectivity index (χ0v) is 20.7. The largest absolute Gasteiger partial charge is 0.496 e. The van der Waals surface area contributed by atoms with Crippen molar-refractivity contribution < 1.29 is 18.6 Å². The molecule has 0 bridgehead atoms. The van der Waals surface area contributed by atoms with Crippen molar-refractivity contribution in [3.8, 4) is 39.4 Å². The number of hydrogen-bond donors (Lipinski definition) is 0. The van der Waals surface area contributed by atoms with Crippen LogP contribution in [0.1, 0.15) is 11.1 Å². The van der Waals surface area contributed by atoms with Gasteiger partial charge in [0.2, 0.25) is 4.96 Å². The van der Waals surface area contributed by atoms with E-state index in [-0.39, 0.29) is 0 Å². The lowest BCUT2D eigenvalue weighted by Crippen LogP contribution is -1.97. The first kappa shape index (κ1) is 22.1. The lowest BCUT2D eigenvalue weighted by Gasteiger charge is -2.10. The van der Waals surface area contributed by atoms with E-state index in [1.165, 1.54) is 11.3 Å². The van der Waals surface area contributed by atoms with Gasteiger partial charge in [-0.15, -0.1) is 5.10 Å². The number of furan rings is 1. The number of aryl methyl sites for hydroxylation is 1. The topological polar surface area (TPSA) is 83.9 Å². The normalized spacial score (nSPS) is 11.3. The molecule has 4 aromatic heterocycles. The first-order valence-electron chi connectivity index (χ1n) is 11.3. The Morgan fingerprint density at radius 2 is 1.92 bits per heavy atom. The van der Waals surface area contributed by atoms with E-state index < -0.39 is 0 Å². The van der Waals surface area contributed by atoms with Crippen molar-refractivity contribution >= 4 is 27.3 Å². The molecule has 0 saturated heterocycles. The number of rotatable bonds is 7. The van der Waals surface area contributed by atoms with E-state index in [0.717, 1.165) is 32.7 Å². The maximum Gasteiger partial charge on any atom is 0.294 e. The lowest BCUT2D eigenvalue weighted by atomic mass is 10.1. The molecule has 180 valence electrons. The second-order valence-corrected chi connectivity index (χ2v) is 9.20. The van der Waals surface area contributed by atoms with Crippen LogP contribution >= 0.6 is 11.3 Å². The first-order chi connectivity index (χ1) is 17.6. The Labute approximate surface area is 210 Å². The summed E-state index contributed by atoms with van der Waals surface area (Å²) < 4.78 is 24.8. The van der Waals surface area contributed by atoms with E-state index in [1.54, 1.807) is 18.7 Å². The molecule has 0 N–H and O–H groups in total. The van der Waals surface area contributed by atoms with Crippen molar-refractivity contribution in [3.05, 3.63) is 78.1 Å². The van der Waals surface area contributed by atoms with Crippen LogP contribution in [0.5, 0.6) is 16.7 Å². The highest BCUT2D eigenvalue weighted by Gasteiger charge is 2.17. The minimum atomic E-state index is 0.381. The van der Waals surface area contributed by atoms with Crippen LogP contribution in [-0.2, 0) is 6.61 Å². The fraction of sp³-hybridized carbons (Fsp3) is 0.148. The standard InChI is InChI=1S/C27H22N4O4S/c1-16-7-8-21(28-13-16)18-6-4-5-17(9-18)15-34-23-10-19(32-2)11-24-20(23)12-25(35-24)22-14-31-26(29-22)36-27(30-31)33-3/h4-14H,15H2,1-3H3. The molecule has 6 aromatic rings. The molecule has 36 heavy (non-hydrogen) atoms. The predicted octanol–water partition coefficient (Wildman–Crippen LogP) is 6.17. The molecule has 0 aliphatic carbocycles. The van der Waals surface area contributed by atoms with Crippen LogP contribution in [0.25, 0.3) is 38.6 Å². The molecule has 0 spiro atoms. The van der Waals surface area contributed by atoms with Crippen LogP contribution in [0.4, 0.5) is 0 Å². The van der Waals surface area contributed by atoms with Crippen molar-refractivity contribution in [1.29, 1.82) is 0 Å². The highest BCUT2D eigenvalue weighted by Crippen LogP contribution is 2.37. The van der Waals surface area contributed by atoms with Gasteiger partial charge in [-0.25, -0.2) is 9.50 Å². The van der Waals surface area contributed by atoms with Gasteiger partial charge in [-0.1, -0.05) is 24.3 Å². The zero-order chi connectivity index (χ0) is 24.6. The average molecular weight is 499 g/mol. The van der Waals surface area contributed by atoms with Gasteiger partial charge in [-0.2, -0.15) is 0 Å². The van der Waals surface area contributed by atoms with E-state index in [0.29, 0.717) is 40.3 Å². The smallest absolute Gasteiger partial charge is 0.294 e. The fourth-order valence-electron chi connectivity index (χ4n) is 3.95. The quantitative estimate of drug-likeness (QED) is 0.260. The maximum atomic E-state index is 6.27. The second kappa shape index (κ2) is 9.01. The fourth-order valence-corrected chi connectivity index (χ4v) is 4.65. The maximum absolute atomic E-state index is 6.27. The number of methoxy groups -OCH3 is 2. The molecule has 0 atom stereocenters. The summed E-state index contributed by atoms with van der Waals surface area (Å²) in [6, 6.07) is 17.9. The van der Waals surface area contributed by atoms with Crippen LogP contribution in [-0.4, -0.2) is 33.8 Å². The second-order valence-electron chi connectivity index (χ2n) is 8.28. The van der Waals surface area contributed by atoms with E-state index >= 15 is 0 Å². The van der Waals surface area contributed by atoms with E-state index in [1.807, 2.05) is 61.8 Å². The number of benzene rings is 2. The van der Waals surface area contributed by atoms with Gasteiger partial charge >= 0.3 is 0 Å². The number of ether oxygens (including phenoxy) is 3. The minimum Gasteiger partial charge on any atom is -0.496 e. The Bertz CT molecular complexity index is 1650. The summed E-state index contributed by atoms with van der Waals surface area (Å²) in [6.07, 6.45) is 3.69. The summed E-state index contributed by atoms with van der Waals surface area (Å²) in [6.45, 7) is 2.41. The highest BCUT2D eigenvalue weighted by molar-refractivity contribution is 7.18. The Morgan fingerprint density at radius 1 is 1.00 bits per heavy atom. The van der Waals surface area contributed by atoms with Gasteiger partial charge in [0.05, 0.1) is 31.5 Å². The third-order valence-electron chi connectivity index (χ3n) is 5.79. The monoisotopic (exact) mass is 498 g/mol. The molecule has 6 rings (SSSR count). The first-order valence-corrected chi connectivity index (χ1v) is 12.1. The van der Waals surface area contributed by atoms with Crippen molar-refractivity contribution in [2.75, 3.05) is 14.2 Å². The molecule has 0 radical (unpaired) electrons. The molecule has 0 unspecified atom stereocenters. The van der Waals surface area contributed by atoms with Gasteiger partial charge in [0.15, 0.2) is 5.76 Å². The van der Waals surface area contributed by atoms with Crippen molar-refractivity contribution in [1.82, 2.24) is 19.6 Å². The Hall–Kier alpha value is -4.37. The van der Waals surface area contributed by atoms with E-state index in [2.05, 4.69) is 27.2 Å². The summed E-state index contributed by atoms with van der Waals surface area (Å²) in [5.41, 5.74) is 5.46. The summed E-state index contributed by atoms with van der Waals surface area (Å²) in [5, 5.41) is 5.72. The summed E-state index contributed by atoms with van der Waals surface area (Å²) >= 11 is 1.36.